The Labute approximate surface area is 118 Å². The molecule has 1 atom stereocenters. The Morgan fingerprint density at radius 3 is 2.80 bits per heavy atom. The number of benzene rings is 1. The van der Waals surface area contributed by atoms with Crippen LogP contribution in [-0.4, -0.2) is 43.9 Å². The maximum Gasteiger partial charge on any atom is 0.315 e. The molecule has 0 spiro atoms. The third kappa shape index (κ3) is 5.44. The molecule has 112 valence electrons. The average Bonchev–Trinajstić information content (AvgIpc) is 2.43. The summed E-state index contributed by atoms with van der Waals surface area (Å²) in [6.07, 6.45) is 0.700. The molecular weight excluding hydrogens is 261 g/mol. The second-order valence-electron chi connectivity index (χ2n) is 4.71. The molecule has 0 aliphatic carbocycles. The van der Waals surface area contributed by atoms with E-state index in [0.717, 1.165) is 0 Å². The Morgan fingerprint density at radius 1 is 1.45 bits per heavy atom. The summed E-state index contributed by atoms with van der Waals surface area (Å²) in [4.78, 5) is 13.2. The molecule has 20 heavy (non-hydrogen) atoms. The lowest BCUT2D eigenvalue weighted by Crippen LogP contribution is -2.43. The second kappa shape index (κ2) is 8.37. The van der Waals surface area contributed by atoms with Crippen molar-refractivity contribution < 1.29 is 14.3 Å². The van der Waals surface area contributed by atoms with Crippen molar-refractivity contribution in [3.63, 3.8) is 0 Å². The predicted molar refractivity (Wildman–Crippen MR) is 77.4 cm³/mol. The molecule has 0 unspecified atom stereocenters. The van der Waals surface area contributed by atoms with Crippen LogP contribution in [-0.2, 0) is 0 Å². The van der Waals surface area contributed by atoms with E-state index in [2.05, 4.69) is 10.6 Å². The number of hydrogen-bond acceptors (Lipinski definition) is 3. The van der Waals surface area contributed by atoms with Crippen molar-refractivity contribution in [1.29, 1.82) is 0 Å². The maximum atomic E-state index is 13.5. The van der Waals surface area contributed by atoms with Crippen LogP contribution in [0.3, 0.4) is 0 Å². The van der Waals surface area contributed by atoms with Gasteiger partial charge in [0.15, 0.2) is 0 Å². The van der Waals surface area contributed by atoms with E-state index >= 15 is 0 Å². The molecule has 0 aliphatic heterocycles. The molecule has 0 radical (unpaired) electrons. The number of carbonyl (C=O) groups excluding carboxylic acids is 1. The van der Waals surface area contributed by atoms with Gasteiger partial charge in [0, 0.05) is 20.1 Å². The summed E-state index contributed by atoms with van der Waals surface area (Å²) in [7, 11) is 1.81. The Morgan fingerprint density at radius 2 is 2.15 bits per heavy atom. The lowest BCUT2D eigenvalue weighted by atomic mass is 10.2. The highest BCUT2D eigenvalue weighted by Crippen LogP contribution is 2.16. The SMILES string of the molecule is C[C@@H](CO)NC(=O)NCCCN(C)c1ccccc1F. The van der Waals surface area contributed by atoms with Gasteiger partial charge >= 0.3 is 6.03 Å². The molecule has 5 nitrogen and oxygen atoms in total. The van der Waals surface area contributed by atoms with Gasteiger partial charge in [0.25, 0.3) is 0 Å². The highest BCUT2D eigenvalue weighted by atomic mass is 19.1. The quantitative estimate of drug-likeness (QED) is 0.662. The first-order chi connectivity index (χ1) is 9.54. The van der Waals surface area contributed by atoms with Gasteiger partial charge in [-0.3, -0.25) is 0 Å². The van der Waals surface area contributed by atoms with Crippen molar-refractivity contribution in [3.05, 3.63) is 30.1 Å². The summed E-state index contributed by atoms with van der Waals surface area (Å²) in [5, 5.41) is 14.1. The molecule has 3 N–H and O–H groups in total. The Balaban J connectivity index is 2.24. The number of rotatable bonds is 7. The summed E-state index contributed by atoms with van der Waals surface area (Å²) in [6, 6.07) is 6.01. The first kappa shape index (κ1) is 16.2. The zero-order chi connectivity index (χ0) is 15.0. The van der Waals surface area contributed by atoms with E-state index in [1.165, 1.54) is 6.07 Å². The van der Waals surface area contributed by atoms with Gasteiger partial charge in [-0.25, -0.2) is 9.18 Å². The molecule has 0 heterocycles. The van der Waals surface area contributed by atoms with Crippen LogP contribution >= 0.6 is 0 Å². The van der Waals surface area contributed by atoms with Crippen LogP contribution in [0, 0.1) is 5.82 Å². The van der Waals surface area contributed by atoms with E-state index in [-0.39, 0.29) is 24.5 Å². The third-order valence-electron chi connectivity index (χ3n) is 2.87. The molecule has 0 aromatic heterocycles. The van der Waals surface area contributed by atoms with Crippen LogP contribution in [0.25, 0.3) is 0 Å². The van der Waals surface area contributed by atoms with Crippen LogP contribution in [0.5, 0.6) is 0 Å². The topological polar surface area (TPSA) is 64.6 Å². The minimum Gasteiger partial charge on any atom is -0.394 e. The number of amides is 2. The second-order valence-corrected chi connectivity index (χ2v) is 4.71. The number of para-hydroxylation sites is 1. The molecular formula is C14H22FN3O2. The number of carbonyl (C=O) groups is 1. The molecule has 1 rings (SSSR count). The minimum atomic E-state index is -0.305. The first-order valence-corrected chi connectivity index (χ1v) is 6.65. The smallest absolute Gasteiger partial charge is 0.315 e. The fraction of sp³-hybridized carbons (Fsp3) is 0.500. The summed E-state index contributed by atoms with van der Waals surface area (Å²) < 4.78 is 13.5. The van der Waals surface area contributed by atoms with Crippen molar-refractivity contribution in [1.82, 2.24) is 10.6 Å². The van der Waals surface area contributed by atoms with Gasteiger partial charge in [-0.1, -0.05) is 12.1 Å². The van der Waals surface area contributed by atoms with Crippen molar-refractivity contribution in [2.75, 3.05) is 31.6 Å². The molecule has 0 bridgehead atoms. The fourth-order valence-corrected chi connectivity index (χ4v) is 1.72. The molecule has 0 fully saturated rings. The highest BCUT2D eigenvalue weighted by molar-refractivity contribution is 5.74. The number of nitrogens with one attached hydrogen (secondary N) is 2. The van der Waals surface area contributed by atoms with E-state index in [9.17, 15) is 9.18 Å². The van der Waals surface area contributed by atoms with Gasteiger partial charge in [-0.2, -0.15) is 0 Å². The Kier molecular flexibility index (Phi) is 6.79. The average molecular weight is 283 g/mol. The number of aliphatic hydroxyl groups excluding tert-OH is 1. The summed E-state index contributed by atoms with van der Waals surface area (Å²) in [6.45, 7) is 2.74. The zero-order valence-electron chi connectivity index (χ0n) is 11.9. The number of hydrogen-bond donors (Lipinski definition) is 3. The van der Waals surface area contributed by atoms with Crippen molar-refractivity contribution in [2.24, 2.45) is 0 Å². The molecule has 2 amide bonds. The summed E-state index contributed by atoms with van der Waals surface area (Å²) in [5.41, 5.74) is 0.547. The molecule has 6 heteroatoms. The summed E-state index contributed by atoms with van der Waals surface area (Å²) >= 11 is 0. The number of aliphatic hydroxyl groups is 1. The minimum absolute atomic E-state index is 0.0938. The number of urea groups is 1. The number of nitrogens with zero attached hydrogens (tertiary/aromatic N) is 1. The number of anilines is 1. The molecule has 0 saturated heterocycles. The molecule has 0 saturated carbocycles. The van der Waals surface area contributed by atoms with Crippen LogP contribution in [0.1, 0.15) is 13.3 Å². The van der Waals surface area contributed by atoms with Crippen molar-refractivity contribution >= 4 is 11.7 Å². The van der Waals surface area contributed by atoms with E-state index < -0.39 is 0 Å². The molecule has 1 aromatic rings. The standard InChI is InChI=1S/C14H22FN3O2/c1-11(10-19)17-14(20)16-8-5-9-18(2)13-7-4-3-6-12(13)15/h3-4,6-7,11,19H,5,8-10H2,1-2H3,(H2,16,17,20)/t11-/m0/s1. The van der Waals surface area contributed by atoms with Crippen LogP contribution in [0.15, 0.2) is 24.3 Å². The molecule has 0 aliphatic rings. The predicted octanol–water partition coefficient (Wildman–Crippen LogP) is 1.33. The fourth-order valence-electron chi connectivity index (χ4n) is 1.72. The third-order valence-corrected chi connectivity index (χ3v) is 2.87. The van der Waals surface area contributed by atoms with E-state index in [1.54, 1.807) is 25.1 Å². The van der Waals surface area contributed by atoms with Crippen LogP contribution in [0.4, 0.5) is 14.9 Å². The monoisotopic (exact) mass is 283 g/mol. The van der Waals surface area contributed by atoms with Gasteiger partial charge in [0.1, 0.15) is 5.82 Å². The highest BCUT2D eigenvalue weighted by Gasteiger charge is 2.07. The van der Waals surface area contributed by atoms with Gasteiger partial charge in [-0.05, 0) is 25.5 Å². The van der Waals surface area contributed by atoms with Crippen molar-refractivity contribution in [2.45, 2.75) is 19.4 Å². The van der Waals surface area contributed by atoms with Gasteiger partial charge < -0.3 is 20.6 Å². The first-order valence-electron chi connectivity index (χ1n) is 6.65. The number of halogens is 1. The van der Waals surface area contributed by atoms with Crippen LogP contribution < -0.4 is 15.5 Å². The van der Waals surface area contributed by atoms with Gasteiger partial charge in [0.2, 0.25) is 0 Å². The van der Waals surface area contributed by atoms with E-state index in [4.69, 9.17) is 5.11 Å². The lowest BCUT2D eigenvalue weighted by molar-refractivity contribution is 0.220. The van der Waals surface area contributed by atoms with Crippen LogP contribution in [0.2, 0.25) is 0 Å². The van der Waals surface area contributed by atoms with E-state index in [0.29, 0.717) is 25.2 Å². The summed E-state index contributed by atoms with van der Waals surface area (Å²) in [5.74, 6) is -0.252. The van der Waals surface area contributed by atoms with Crippen molar-refractivity contribution in [3.8, 4) is 0 Å². The van der Waals surface area contributed by atoms with E-state index in [1.807, 2.05) is 11.9 Å². The zero-order valence-corrected chi connectivity index (χ0v) is 11.9. The Hall–Kier alpha value is -1.82. The maximum absolute atomic E-state index is 13.5. The van der Waals surface area contributed by atoms with Gasteiger partial charge in [0.05, 0.1) is 18.3 Å². The van der Waals surface area contributed by atoms with Gasteiger partial charge in [-0.15, -0.1) is 0 Å². The normalized spacial score (nSPS) is 11.8. The largest absolute Gasteiger partial charge is 0.394 e. The Bertz CT molecular complexity index is 429. The lowest BCUT2D eigenvalue weighted by Gasteiger charge is -2.20. The molecule has 1 aromatic carbocycles.